The van der Waals surface area contributed by atoms with Gasteiger partial charge in [-0.25, -0.2) is 4.79 Å². The zero-order valence-corrected chi connectivity index (χ0v) is 12.1. The number of urea groups is 1. The summed E-state index contributed by atoms with van der Waals surface area (Å²) < 4.78 is 5.37. The molecule has 0 aromatic heterocycles. The zero-order valence-electron chi connectivity index (χ0n) is 12.1. The van der Waals surface area contributed by atoms with Crippen LogP contribution in [0.25, 0.3) is 0 Å². The fourth-order valence-electron chi connectivity index (χ4n) is 2.37. The molecule has 2 N–H and O–H groups in total. The number of carbonyl (C=O) groups excluding carboxylic acids is 1. The molecule has 1 aliphatic rings. The number of benzene rings is 1. The predicted molar refractivity (Wildman–Crippen MR) is 81.7 cm³/mol. The highest BCUT2D eigenvalue weighted by Crippen LogP contribution is 2.25. The van der Waals surface area contributed by atoms with E-state index < -0.39 is 11.9 Å². The quantitative estimate of drug-likeness (QED) is 0.834. The molecular weight excluding hydrogens is 284 g/mol. The second-order valence-corrected chi connectivity index (χ2v) is 5.04. The molecule has 0 aliphatic carbocycles. The Kier molecular flexibility index (Phi) is 5.26. The summed E-state index contributed by atoms with van der Waals surface area (Å²) in [5.41, 5.74) is 0.514. The highest BCUT2D eigenvalue weighted by atomic mass is 16.5. The summed E-state index contributed by atoms with van der Waals surface area (Å²) in [6.07, 6.45) is 6.44. The number of aliphatic carboxylic acids is 1. The molecule has 1 fully saturated rings. The first-order valence-electron chi connectivity index (χ1n) is 7.06. The Morgan fingerprint density at radius 3 is 2.95 bits per heavy atom. The molecule has 1 aliphatic heterocycles. The number of likely N-dealkylation sites (tertiary alicyclic amines) is 1. The van der Waals surface area contributed by atoms with E-state index in [-0.39, 0.29) is 19.2 Å². The molecule has 2 rings (SSSR count). The Morgan fingerprint density at radius 2 is 2.23 bits per heavy atom. The van der Waals surface area contributed by atoms with E-state index in [4.69, 9.17) is 16.3 Å². The monoisotopic (exact) mass is 302 g/mol. The van der Waals surface area contributed by atoms with E-state index >= 15 is 0 Å². The third kappa shape index (κ3) is 3.92. The molecule has 1 atom stereocenters. The van der Waals surface area contributed by atoms with Gasteiger partial charge in [0.15, 0.2) is 0 Å². The summed E-state index contributed by atoms with van der Waals surface area (Å²) >= 11 is 0. The van der Waals surface area contributed by atoms with Crippen molar-refractivity contribution >= 4 is 17.7 Å². The van der Waals surface area contributed by atoms with Crippen LogP contribution in [0.2, 0.25) is 0 Å². The van der Waals surface area contributed by atoms with E-state index in [9.17, 15) is 9.59 Å². The number of amides is 2. The van der Waals surface area contributed by atoms with Crippen molar-refractivity contribution in [3.63, 3.8) is 0 Å². The van der Waals surface area contributed by atoms with E-state index in [0.29, 0.717) is 30.8 Å². The van der Waals surface area contributed by atoms with Gasteiger partial charge in [-0.3, -0.25) is 4.79 Å². The maximum Gasteiger partial charge on any atom is 0.321 e. The van der Waals surface area contributed by atoms with Crippen LogP contribution in [0.4, 0.5) is 10.5 Å². The topological polar surface area (TPSA) is 78.9 Å². The van der Waals surface area contributed by atoms with Gasteiger partial charge < -0.3 is 20.1 Å². The first-order valence-corrected chi connectivity index (χ1v) is 7.06. The molecule has 22 heavy (non-hydrogen) atoms. The smallest absolute Gasteiger partial charge is 0.321 e. The minimum atomic E-state index is -0.866. The summed E-state index contributed by atoms with van der Waals surface area (Å²) in [5, 5.41) is 11.8. The lowest BCUT2D eigenvalue weighted by atomic mass is 9.99. The number of hydrogen-bond donors (Lipinski definition) is 2. The van der Waals surface area contributed by atoms with Gasteiger partial charge in [-0.15, -0.1) is 6.42 Å². The van der Waals surface area contributed by atoms with Gasteiger partial charge in [-0.2, -0.15) is 0 Å². The molecule has 0 saturated carbocycles. The van der Waals surface area contributed by atoms with E-state index in [0.717, 1.165) is 0 Å². The molecule has 1 aromatic rings. The van der Waals surface area contributed by atoms with Crippen LogP contribution in [-0.2, 0) is 4.79 Å². The lowest BCUT2D eigenvalue weighted by molar-refractivity contribution is -0.143. The van der Waals surface area contributed by atoms with Gasteiger partial charge in [0, 0.05) is 13.1 Å². The Morgan fingerprint density at radius 1 is 1.45 bits per heavy atom. The Balaban J connectivity index is 2.03. The fourth-order valence-corrected chi connectivity index (χ4v) is 2.37. The molecule has 6 nitrogen and oxygen atoms in total. The lowest BCUT2D eigenvalue weighted by Gasteiger charge is -2.30. The Bertz CT molecular complexity index is 594. The Hall–Kier alpha value is -2.68. The third-order valence-electron chi connectivity index (χ3n) is 3.50. The standard InChI is InChI=1S/C16H18N2O4/c1-2-10-22-14-8-4-3-7-13(14)17-16(21)18-9-5-6-12(11-18)15(19)20/h1,3-4,7-8,12H,5-6,9-11H2,(H,17,21)(H,19,20). The molecule has 1 aromatic carbocycles. The molecule has 1 saturated heterocycles. The van der Waals surface area contributed by atoms with Gasteiger partial charge in [0.1, 0.15) is 12.4 Å². The maximum atomic E-state index is 12.3. The number of nitrogens with one attached hydrogen (secondary N) is 1. The number of rotatable bonds is 4. The number of carboxylic acids is 1. The van der Waals surface area contributed by atoms with Crippen molar-refractivity contribution in [2.75, 3.05) is 25.0 Å². The zero-order chi connectivity index (χ0) is 15.9. The van der Waals surface area contributed by atoms with Crippen molar-refractivity contribution in [2.45, 2.75) is 12.8 Å². The number of hydrogen-bond acceptors (Lipinski definition) is 3. The summed E-state index contributed by atoms with van der Waals surface area (Å²) in [5.74, 6) is 1.48. The molecule has 2 amide bonds. The average Bonchev–Trinajstić information content (AvgIpc) is 2.54. The number of piperidine rings is 1. The molecule has 0 bridgehead atoms. The fraction of sp³-hybridized carbons (Fsp3) is 0.375. The van der Waals surface area contributed by atoms with E-state index in [1.165, 1.54) is 4.90 Å². The lowest BCUT2D eigenvalue weighted by Crippen LogP contribution is -2.44. The van der Waals surface area contributed by atoms with Gasteiger partial charge in [0.2, 0.25) is 0 Å². The predicted octanol–water partition coefficient (Wildman–Crippen LogP) is 2.03. The largest absolute Gasteiger partial charge is 0.481 e. The van der Waals surface area contributed by atoms with Crippen LogP contribution in [0.3, 0.4) is 0 Å². The first-order chi connectivity index (χ1) is 10.6. The molecular formula is C16H18N2O4. The average molecular weight is 302 g/mol. The molecule has 6 heteroatoms. The minimum Gasteiger partial charge on any atom is -0.481 e. The number of para-hydroxylation sites is 2. The maximum absolute atomic E-state index is 12.3. The highest BCUT2D eigenvalue weighted by Gasteiger charge is 2.28. The Labute approximate surface area is 129 Å². The van der Waals surface area contributed by atoms with Crippen molar-refractivity contribution in [3.8, 4) is 18.1 Å². The van der Waals surface area contributed by atoms with Gasteiger partial charge in [0.05, 0.1) is 11.6 Å². The van der Waals surface area contributed by atoms with Gasteiger partial charge >= 0.3 is 12.0 Å². The van der Waals surface area contributed by atoms with Gasteiger partial charge in [-0.05, 0) is 25.0 Å². The number of nitrogens with zero attached hydrogens (tertiary/aromatic N) is 1. The van der Waals surface area contributed by atoms with Crippen molar-refractivity contribution in [3.05, 3.63) is 24.3 Å². The van der Waals surface area contributed by atoms with Crippen molar-refractivity contribution < 1.29 is 19.4 Å². The van der Waals surface area contributed by atoms with Gasteiger partial charge in [-0.1, -0.05) is 18.1 Å². The number of carboxylic acid groups (broad SMARTS) is 1. The normalized spacial score (nSPS) is 17.4. The van der Waals surface area contributed by atoms with Crippen molar-refractivity contribution in [1.82, 2.24) is 4.90 Å². The van der Waals surface area contributed by atoms with Crippen molar-refractivity contribution in [2.24, 2.45) is 5.92 Å². The van der Waals surface area contributed by atoms with E-state index in [1.54, 1.807) is 24.3 Å². The molecule has 1 heterocycles. The number of terminal acetylenes is 1. The second-order valence-electron chi connectivity index (χ2n) is 5.04. The van der Waals surface area contributed by atoms with Crippen LogP contribution < -0.4 is 10.1 Å². The van der Waals surface area contributed by atoms with Crippen LogP contribution in [0, 0.1) is 18.3 Å². The van der Waals surface area contributed by atoms with Crippen LogP contribution in [0.5, 0.6) is 5.75 Å². The van der Waals surface area contributed by atoms with Crippen LogP contribution in [0.1, 0.15) is 12.8 Å². The third-order valence-corrected chi connectivity index (χ3v) is 3.50. The van der Waals surface area contributed by atoms with Crippen LogP contribution in [-0.4, -0.2) is 41.7 Å². The number of ether oxygens (including phenoxy) is 1. The summed E-state index contributed by atoms with van der Waals surface area (Å²) in [4.78, 5) is 24.9. The van der Waals surface area contributed by atoms with Crippen molar-refractivity contribution in [1.29, 1.82) is 0 Å². The molecule has 1 unspecified atom stereocenters. The van der Waals surface area contributed by atoms with E-state index in [2.05, 4.69) is 11.2 Å². The number of anilines is 1. The first kappa shape index (κ1) is 15.7. The highest BCUT2D eigenvalue weighted by molar-refractivity contribution is 5.91. The summed E-state index contributed by atoms with van der Waals surface area (Å²) in [7, 11) is 0. The molecule has 0 spiro atoms. The summed E-state index contributed by atoms with van der Waals surface area (Å²) in [6, 6.07) is 6.64. The molecule has 0 radical (unpaired) electrons. The minimum absolute atomic E-state index is 0.109. The van der Waals surface area contributed by atoms with Gasteiger partial charge in [0.25, 0.3) is 0 Å². The summed E-state index contributed by atoms with van der Waals surface area (Å²) in [6.45, 7) is 0.870. The van der Waals surface area contributed by atoms with Crippen LogP contribution in [0.15, 0.2) is 24.3 Å². The second kappa shape index (κ2) is 7.36. The number of carbonyl (C=O) groups is 2. The van der Waals surface area contributed by atoms with E-state index in [1.807, 2.05) is 0 Å². The van der Waals surface area contributed by atoms with Crippen LogP contribution >= 0.6 is 0 Å². The SMILES string of the molecule is C#CCOc1ccccc1NC(=O)N1CCCC(C(=O)O)C1. The molecule has 116 valence electrons.